The predicted molar refractivity (Wildman–Crippen MR) is 116 cm³/mol. The number of hydrogen-bond donors (Lipinski definition) is 1. The molecule has 0 saturated carbocycles. The maximum atomic E-state index is 13.4. The molecule has 3 aromatic rings. The van der Waals surface area contributed by atoms with E-state index in [1.54, 1.807) is 38.1 Å². The number of rotatable bonds is 6. The van der Waals surface area contributed by atoms with Gasteiger partial charge in [-0.05, 0) is 66.2 Å². The van der Waals surface area contributed by atoms with Gasteiger partial charge in [-0.15, -0.1) is 0 Å². The molecular formula is C24H24FN3O3. The monoisotopic (exact) mass is 421 g/mol. The van der Waals surface area contributed by atoms with Crippen LogP contribution in [0.25, 0.3) is 10.8 Å². The number of hydrogen-bond acceptors (Lipinski definition) is 4. The topological polar surface area (TPSA) is 61.9 Å². The summed E-state index contributed by atoms with van der Waals surface area (Å²) in [6.07, 6.45) is 0. The number of fused-ring (bicyclic) bond motifs is 1. The van der Waals surface area contributed by atoms with Gasteiger partial charge < -0.3 is 10.1 Å². The number of benzene rings is 3. The van der Waals surface area contributed by atoms with Crippen molar-refractivity contribution < 1.29 is 18.7 Å². The Morgan fingerprint density at radius 3 is 2.55 bits per heavy atom. The number of nitrogens with zero attached hydrogens (tertiary/aromatic N) is 2. The highest BCUT2D eigenvalue weighted by atomic mass is 19.1. The molecule has 3 aromatic carbocycles. The lowest BCUT2D eigenvalue weighted by atomic mass is 9.90. The maximum absolute atomic E-state index is 13.4. The Bertz CT molecular complexity index is 1170. The van der Waals surface area contributed by atoms with E-state index >= 15 is 0 Å². The number of imide groups is 1. The van der Waals surface area contributed by atoms with Crippen molar-refractivity contribution in [1.29, 1.82) is 0 Å². The van der Waals surface area contributed by atoms with E-state index in [-0.39, 0.29) is 18.4 Å². The largest absolute Gasteiger partial charge is 0.497 e. The van der Waals surface area contributed by atoms with Crippen LogP contribution in [0.1, 0.15) is 18.1 Å². The van der Waals surface area contributed by atoms with Crippen molar-refractivity contribution in [3.63, 3.8) is 0 Å². The van der Waals surface area contributed by atoms with Gasteiger partial charge in [0.05, 0.1) is 13.8 Å². The summed E-state index contributed by atoms with van der Waals surface area (Å²) in [6, 6.07) is 17.2. The molecular weight excluding hydrogens is 397 g/mol. The van der Waals surface area contributed by atoms with E-state index in [4.69, 9.17) is 4.74 Å². The molecule has 1 aliphatic heterocycles. The first kappa shape index (κ1) is 20.8. The minimum atomic E-state index is -1.16. The summed E-state index contributed by atoms with van der Waals surface area (Å²) in [5.74, 6) is 0.114. The average molecular weight is 421 g/mol. The number of amides is 3. The van der Waals surface area contributed by atoms with Gasteiger partial charge in [-0.25, -0.2) is 14.1 Å². The Morgan fingerprint density at radius 1 is 1.06 bits per heavy atom. The van der Waals surface area contributed by atoms with Crippen molar-refractivity contribution in [2.45, 2.75) is 19.0 Å². The van der Waals surface area contributed by atoms with Gasteiger partial charge >= 0.3 is 6.03 Å². The average Bonchev–Trinajstić information content (AvgIpc) is 2.96. The summed E-state index contributed by atoms with van der Waals surface area (Å²) in [6.45, 7) is 2.22. The Labute approximate surface area is 180 Å². The van der Waals surface area contributed by atoms with Crippen LogP contribution in [-0.4, -0.2) is 42.6 Å². The molecule has 0 radical (unpaired) electrons. The third-order valence-electron chi connectivity index (χ3n) is 5.62. The van der Waals surface area contributed by atoms with E-state index < -0.39 is 11.6 Å². The Morgan fingerprint density at radius 2 is 1.81 bits per heavy atom. The second-order valence-corrected chi connectivity index (χ2v) is 8.00. The first-order valence-corrected chi connectivity index (χ1v) is 9.95. The predicted octanol–water partition coefficient (Wildman–Crippen LogP) is 3.84. The zero-order valence-corrected chi connectivity index (χ0v) is 17.7. The highest BCUT2D eigenvalue weighted by Gasteiger charge is 2.49. The van der Waals surface area contributed by atoms with Crippen LogP contribution in [0.2, 0.25) is 0 Å². The second kappa shape index (κ2) is 8.00. The zero-order chi connectivity index (χ0) is 22.2. The van der Waals surface area contributed by atoms with Gasteiger partial charge in [0.1, 0.15) is 17.1 Å². The summed E-state index contributed by atoms with van der Waals surface area (Å²) in [5, 5.41) is 4.77. The second-order valence-electron chi connectivity index (χ2n) is 8.00. The van der Waals surface area contributed by atoms with Gasteiger partial charge in [0.15, 0.2) is 0 Å². The first-order chi connectivity index (χ1) is 14.8. The lowest BCUT2D eigenvalue weighted by Gasteiger charge is -2.25. The van der Waals surface area contributed by atoms with E-state index in [1.807, 2.05) is 36.4 Å². The highest BCUT2D eigenvalue weighted by Crippen LogP contribution is 2.32. The van der Waals surface area contributed by atoms with Crippen molar-refractivity contribution in [2.75, 3.05) is 20.8 Å². The maximum Gasteiger partial charge on any atom is 0.326 e. The Kier molecular flexibility index (Phi) is 5.37. The molecule has 160 valence electrons. The molecule has 1 aliphatic rings. The number of carbonyl (C=O) groups excluding carboxylic acids is 2. The zero-order valence-electron chi connectivity index (χ0n) is 17.7. The molecule has 0 unspecified atom stereocenters. The molecule has 31 heavy (non-hydrogen) atoms. The Balaban J connectivity index is 1.54. The molecule has 0 aliphatic carbocycles. The summed E-state index contributed by atoms with van der Waals surface area (Å²) >= 11 is 0. The van der Waals surface area contributed by atoms with Gasteiger partial charge in [-0.1, -0.05) is 30.3 Å². The molecule has 3 amide bonds. The van der Waals surface area contributed by atoms with Crippen molar-refractivity contribution in [3.05, 3.63) is 77.6 Å². The van der Waals surface area contributed by atoms with Crippen molar-refractivity contribution >= 4 is 22.7 Å². The quantitative estimate of drug-likeness (QED) is 0.615. The number of carbonyl (C=O) groups is 2. The van der Waals surface area contributed by atoms with Gasteiger partial charge in [0.25, 0.3) is 5.91 Å². The molecule has 4 rings (SSSR count). The summed E-state index contributed by atoms with van der Waals surface area (Å²) in [4.78, 5) is 28.9. The standard InChI is InChI=1S/C24H24FN3O3/c1-24(19-9-7-18-13-21(31-3)10-8-17(18)12-19)22(29)28(23(30)26-24)15-27(2)14-16-5-4-6-20(25)11-16/h4-13H,14-15H2,1-3H3,(H,26,30)/t24-/m0/s1. The fourth-order valence-electron chi connectivity index (χ4n) is 3.92. The number of nitrogens with one attached hydrogen (secondary N) is 1. The van der Waals surface area contributed by atoms with Crippen LogP contribution in [0.5, 0.6) is 5.75 Å². The minimum absolute atomic E-state index is 0.0988. The van der Waals surface area contributed by atoms with E-state index in [1.165, 1.54) is 17.0 Å². The first-order valence-electron chi connectivity index (χ1n) is 9.95. The molecule has 0 aromatic heterocycles. The SMILES string of the molecule is COc1ccc2cc([C@]3(C)NC(=O)N(CN(C)Cc4cccc(F)c4)C3=O)ccc2c1. The van der Waals surface area contributed by atoms with Crippen LogP contribution in [0.4, 0.5) is 9.18 Å². The molecule has 6 nitrogen and oxygen atoms in total. The number of halogens is 1. The Hall–Kier alpha value is -3.45. The molecule has 1 atom stereocenters. The third-order valence-corrected chi connectivity index (χ3v) is 5.62. The summed E-state index contributed by atoms with van der Waals surface area (Å²) < 4.78 is 18.7. The normalized spacial score (nSPS) is 18.7. The van der Waals surface area contributed by atoms with Crippen LogP contribution in [0.15, 0.2) is 60.7 Å². The van der Waals surface area contributed by atoms with Crippen LogP contribution in [-0.2, 0) is 16.9 Å². The highest BCUT2D eigenvalue weighted by molar-refractivity contribution is 6.07. The number of ether oxygens (including phenoxy) is 1. The van der Waals surface area contributed by atoms with Crippen LogP contribution in [0, 0.1) is 5.82 Å². The molecule has 0 spiro atoms. The lowest BCUT2D eigenvalue weighted by Crippen LogP contribution is -2.42. The van der Waals surface area contributed by atoms with Gasteiger partial charge in [-0.2, -0.15) is 0 Å². The summed E-state index contributed by atoms with van der Waals surface area (Å²) in [5.41, 5.74) is 0.311. The molecule has 1 fully saturated rings. The van der Waals surface area contributed by atoms with Crippen molar-refractivity contribution in [3.8, 4) is 5.75 Å². The van der Waals surface area contributed by atoms with E-state index in [2.05, 4.69) is 5.32 Å². The molecule has 1 saturated heterocycles. The van der Waals surface area contributed by atoms with E-state index in [0.29, 0.717) is 12.1 Å². The van der Waals surface area contributed by atoms with Crippen LogP contribution >= 0.6 is 0 Å². The smallest absolute Gasteiger partial charge is 0.326 e. The molecule has 0 bridgehead atoms. The fraction of sp³-hybridized carbons (Fsp3) is 0.250. The van der Waals surface area contributed by atoms with Gasteiger partial charge in [0, 0.05) is 6.54 Å². The fourth-order valence-corrected chi connectivity index (χ4v) is 3.92. The molecule has 1 N–H and O–H groups in total. The minimum Gasteiger partial charge on any atom is -0.497 e. The summed E-state index contributed by atoms with van der Waals surface area (Å²) in [7, 11) is 3.40. The third kappa shape index (κ3) is 3.96. The van der Waals surface area contributed by atoms with E-state index in [0.717, 1.165) is 22.1 Å². The lowest BCUT2D eigenvalue weighted by molar-refractivity contribution is -0.132. The van der Waals surface area contributed by atoms with Gasteiger partial charge in [-0.3, -0.25) is 9.69 Å². The number of urea groups is 1. The molecule has 1 heterocycles. The van der Waals surface area contributed by atoms with Crippen LogP contribution in [0.3, 0.4) is 0 Å². The van der Waals surface area contributed by atoms with Crippen molar-refractivity contribution in [1.82, 2.24) is 15.1 Å². The number of methoxy groups -OCH3 is 1. The van der Waals surface area contributed by atoms with E-state index in [9.17, 15) is 14.0 Å². The van der Waals surface area contributed by atoms with Gasteiger partial charge in [0.2, 0.25) is 0 Å². The van der Waals surface area contributed by atoms with Crippen molar-refractivity contribution in [2.24, 2.45) is 0 Å². The van der Waals surface area contributed by atoms with Crippen LogP contribution < -0.4 is 10.1 Å². The molecule has 7 heteroatoms.